The number of hydrogen-bond acceptors (Lipinski definition) is 7. The Morgan fingerprint density at radius 3 is 2.89 bits per heavy atom. The van der Waals surface area contributed by atoms with Gasteiger partial charge in [-0.2, -0.15) is 0 Å². The molecule has 1 aromatic heterocycles. The minimum Gasteiger partial charge on any atom is -0.479 e. The van der Waals surface area contributed by atoms with E-state index in [1.54, 1.807) is 39.2 Å². The van der Waals surface area contributed by atoms with Crippen LogP contribution in [0.3, 0.4) is 0 Å². The Kier molecular flexibility index (Phi) is 6.31. The molecule has 1 aliphatic rings. The van der Waals surface area contributed by atoms with E-state index in [-0.39, 0.29) is 18.6 Å². The van der Waals surface area contributed by atoms with Crippen molar-refractivity contribution in [3.8, 4) is 17.0 Å². The summed E-state index contributed by atoms with van der Waals surface area (Å²) >= 11 is 1.56. The summed E-state index contributed by atoms with van der Waals surface area (Å²) in [7, 11) is 1.66. The summed E-state index contributed by atoms with van der Waals surface area (Å²) in [6.45, 7) is 5.68. The Bertz CT molecular complexity index is 864. The number of fused-ring (bicyclic) bond motifs is 1. The monoisotopic (exact) mass is 404 g/mol. The molecule has 2 heterocycles. The SMILES string of the molecule is COCCc1nc(-c2ccc3c(c2)N(CC(=O)OC(C)C)C(=O)C(C)O3)cs1. The second kappa shape index (κ2) is 8.70. The van der Waals surface area contributed by atoms with Gasteiger partial charge in [0, 0.05) is 24.5 Å². The normalized spacial score (nSPS) is 16.1. The topological polar surface area (TPSA) is 78.0 Å². The molecule has 8 heteroatoms. The maximum Gasteiger partial charge on any atom is 0.326 e. The lowest BCUT2D eigenvalue weighted by Crippen LogP contribution is -2.47. The maximum absolute atomic E-state index is 12.6. The van der Waals surface area contributed by atoms with Crippen molar-refractivity contribution in [2.45, 2.75) is 39.4 Å². The van der Waals surface area contributed by atoms with Crippen molar-refractivity contribution in [3.05, 3.63) is 28.6 Å². The van der Waals surface area contributed by atoms with Crippen LogP contribution in [-0.2, 0) is 25.5 Å². The Morgan fingerprint density at radius 1 is 1.39 bits per heavy atom. The van der Waals surface area contributed by atoms with Crippen LogP contribution >= 0.6 is 11.3 Å². The third kappa shape index (κ3) is 4.51. The van der Waals surface area contributed by atoms with Crippen molar-refractivity contribution in [3.63, 3.8) is 0 Å². The van der Waals surface area contributed by atoms with Crippen LogP contribution in [0.1, 0.15) is 25.8 Å². The van der Waals surface area contributed by atoms with E-state index in [2.05, 4.69) is 4.98 Å². The number of hydrogen-bond donors (Lipinski definition) is 0. The summed E-state index contributed by atoms with van der Waals surface area (Å²) in [6.07, 6.45) is -0.157. The van der Waals surface area contributed by atoms with Crippen LogP contribution in [0.4, 0.5) is 5.69 Å². The number of carbonyl (C=O) groups excluding carboxylic acids is 2. The van der Waals surface area contributed by atoms with Crippen LogP contribution in [0.5, 0.6) is 5.75 Å². The zero-order valence-electron chi connectivity index (χ0n) is 16.4. The molecule has 0 saturated heterocycles. The molecule has 1 amide bonds. The van der Waals surface area contributed by atoms with Crippen LogP contribution in [0.2, 0.25) is 0 Å². The van der Waals surface area contributed by atoms with Crippen LogP contribution in [0.25, 0.3) is 11.3 Å². The first-order valence-corrected chi connectivity index (χ1v) is 10.0. The number of amides is 1. The first kappa shape index (κ1) is 20.3. The number of carbonyl (C=O) groups is 2. The van der Waals surface area contributed by atoms with Gasteiger partial charge in [0.25, 0.3) is 5.91 Å². The van der Waals surface area contributed by atoms with Gasteiger partial charge in [0.2, 0.25) is 0 Å². The molecular weight excluding hydrogens is 380 g/mol. The van der Waals surface area contributed by atoms with Crippen LogP contribution < -0.4 is 9.64 Å². The van der Waals surface area contributed by atoms with Gasteiger partial charge in [-0.25, -0.2) is 4.98 Å². The summed E-state index contributed by atoms with van der Waals surface area (Å²) in [4.78, 5) is 30.9. The third-order valence-electron chi connectivity index (χ3n) is 4.19. The number of aromatic nitrogens is 1. The lowest BCUT2D eigenvalue weighted by atomic mass is 10.1. The molecule has 0 N–H and O–H groups in total. The molecule has 1 unspecified atom stereocenters. The Morgan fingerprint density at radius 2 is 2.18 bits per heavy atom. The molecule has 0 saturated carbocycles. The fourth-order valence-electron chi connectivity index (χ4n) is 2.91. The molecule has 1 aliphatic heterocycles. The van der Waals surface area contributed by atoms with E-state index in [9.17, 15) is 9.59 Å². The second-order valence-electron chi connectivity index (χ2n) is 6.77. The molecule has 1 atom stereocenters. The highest BCUT2D eigenvalue weighted by Gasteiger charge is 2.33. The molecule has 0 fully saturated rings. The molecule has 150 valence electrons. The van der Waals surface area contributed by atoms with E-state index in [4.69, 9.17) is 14.2 Å². The average molecular weight is 404 g/mol. The number of anilines is 1. The number of thiazole rings is 1. The summed E-state index contributed by atoms with van der Waals surface area (Å²) in [6, 6.07) is 5.54. The van der Waals surface area contributed by atoms with Crippen molar-refractivity contribution < 1.29 is 23.8 Å². The highest BCUT2D eigenvalue weighted by atomic mass is 32.1. The minimum atomic E-state index is -0.662. The summed E-state index contributed by atoms with van der Waals surface area (Å²) in [5.74, 6) is -0.170. The zero-order valence-corrected chi connectivity index (χ0v) is 17.2. The van der Waals surface area contributed by atoms with Gasteiger partial charge in [0.05, 0.1) is 29.1 Å². The van der Waals surface area contributed by atoms with Crippen molar-refractivity contribution >= 4 is 28.9 Å². The lowest BCUT2D eigenvalue weighted by Gasteiger charge is -2.32. The smallest absolute Gasteiger partial charge is 0.326 e. The molecule has 7 nitrogen and oxygen atoms in total. The predicted octanol–water partition coefficient (Wildman–Crippen LogP) is 3.06. The number of rotatable bonds is 7. The van der Waals surface area contributed by atoms with Gasteiger partial charge in [-0.1, -0.05) is 0 Å². The maximum atomic E-state index is 12.6. The van der Waals surface area contributed by atoms with Crippen LogP contribution in [-0.4, -0.2) is 49.3 Å². The fourth-order valence-corrected chi connectivity index (χ4v) is 3.70. The highest BCUT2D eigenvalue weighted by molar-refractivity contribution is 7.09. The fraction of sp³-hybridized carbons (Fsp3) is 0.450. The third-order valence-corrected chi connectivity index (χ3v) is 5.10. The second-order valence-corrected chi connectivity index (χ2v) is 7.72. The van der Waals surface area contributed by atoms with Crippen molar-refractivity contribution in [1.82, 2.24) is 4.98 Å². The highest BCUT2D eigenvalue weighted by Crippen LogP contribution is 2.37. The van der Waals surface area contributed by atoms with Crippen molar-refractivity contribution in [2.24, 2.45) is 0 Å². The quantitative estimate of drug-likeness (QED) is 0.660. The van der Waals surface area contributed by atoms with Gasteiger partial charge >= 0.3 is 5.97 Å². The summed E-state index contributed by atoms with van der Waals surface area (Å²) in [5, 5.41) is 2.95. The summed E-state index contributed by atoms with van der Waals surface area (Å²) < 4.78 is 16.0. The Hall–Kier alpha value is -2.45. The Labute approximate surface area is 168 Å². The number of esters is 1. The average Bonchev–Trinajstić information content (AvgIpc) is 3.12. The molecule has 0 spiro atoms. The zero-order chi connectivity index (χ0) is 20.3. The standard InChI is InChI=1S/C20H24N2O5S/c1-12(2)26-19(23)10-22-16-9-14(5-6-17(16)27-13(3)20(22)24)15-11-28-18(21-15)7-8-25-4/h5-6,9,11-13H,7-8,10H2,1-4H3. The van der Waals surface area contributed by atoms with E-state index in [1.165, 1.54) is 4.90 Å². The van der Waals surface area contributed by atoms with Crippen LogP contribution in [0.15, 0.2) is 23.6 Å². The number of benzene rings is 1. The molecule has 3 rings (SSSR count). The molecule has 28 heavy (non-hydrogen) atoms. The van der Waals surface area contributed by atoms with E-state index in [0.29, 0.717) is 18.0 Å². The van der Waals surface area contributed by atoms with E-state index >= 15 is 0 Å². The molecule has 2 aromatic rings. The van der Waals surface area contributed by atoms with Crippen LogP contribution in [0, 0.1) is 0 Å². The van der Waals surface area contributed by atoms with Gasteiger partial charge in [-0.15, -0.1) is 11.3 Å². The summed E-state index contributed by atoms with van der Waals surface area (Å²) in [5.41, 5.74) is 2.22. The molecule has 1 aromatic carbocycles. The van der Waals surface area contributed by atoms with E-state index in [1.807, 2.05) is 23.6 Å². The van der Waals surface area contributed by atoms with E-state index in [0.717, 1.165) is 22.7 Å². The first-order valence-electron chi connectivity index (χ1n) is 9.14. The molecule has 0 bridgehead atoms. The largest absolute Gasteiger partial charge is 0.479 e. The van der Waals surface area contributed by atoms with Gasteiger partial charge in [0.1, 0.15) is 12.3 Å². The van der Waals surface area contributed by atoms with Gasteiger partial charge in [-0.3, -0.25) is 14.5 Å². The van der Waals surface area contributed by atoms with Gasteiger partial charge in [0.15, 0.2) is 6.10 Å². The Balaban J connectivity index is 1.89. The van der Waals surface area contributed by atoms with Crippen molar-refractivity contribution in [2.75, 3.05) is 25.2 Å². The molecule has 0 aliphatic carbocycles. The lowest BCUT2D eigenvalue weighted by molar-refractivity contribution is -0.146. The molecular formula is C20H24N2O5S. The number of ether oxygens (including phenoxy) is 3. The predicted molar refractivity (Wildman–Crippen MR) is 107 cm³/mol. The van der Waals surface area contributed by atoms with Gasteiger partial charge < -0.3 is 14.2 Å². The van der Waals surface area contributed by atoms with Crippen molar-refractivity contribution in [1.29, 1.82) is 0 Å². The number of nitrogens with zero attached hydrogens (tertiary/aromatic N) is 2. The molecule has 0 radical (unpaired) electrons. The number of methoxy groups -OCH3 is 1. The first-order chi connectivity index (χ1) is 13.4. The van der Waals surface area contributed by atoms with E-state index < -0.39 is 12.1 Å². The van der Waals surface area contributed by atoms with Gasteiger partial charge in [-0.05, 0) is 39.0 Å². The minimum absolute atomic E-state index is 0.155.